The van der Waals surface area contributed by atoms with Gasteiger partial charge in [0, 0.05) is 25.6 Å². The molecule has 0 N–H and O–H groups in total. The molecule has 0 bridgehead atoms. The van der Waals surface area contributed by atoms with E-state index in [2.05, 4.69) is 33.8 Å². The lowest BCUT2D eigenvalue weighted by Gasteiger charge is -2.36. The number of hydrogen-bond acceptors (Lipinski definition) is 6. The van der Waals surface area contributed by atoms with E-state index in [9.17, 15) is 0 Å². The van der Waals surface area contributed by atoms with E-state index in [1.54, 1.807) is 0 Å². The van der Waals surface area contributed by atoms with E-state index in [0.717, 1.165) is 63.9 Å². The highest BCUT2D eigenvalue weighted by Crippen LogP contribution is 2.22. The van der Waals surface area contributed by atoms with E-state index in [4.69, 9.17) is 9.26 Å². The summed E-state index contributed by atoms with van der Waals surface area (Å²) in [5.74, 6) is 2.33. The van der Waals surface area contributed by atoms with Crippen LogP contribution in [0.1, 0.15) is 57.7 Å². The van der Waals surface area contributed by atoms with E-state index in [1.165, 1.54) is 32.2 Å². The lowest BCUT2D eigenvalue weighted by atomic mass is 9.99. The minimum absolute atomic E-state index is 0.641. The molecule has 0 amide bonds. The Hall–Kier alpha value is -0.980. The zero-order valence-electron chi connectivity index (χ0n) is 16.0. The van der Waals surface area contributed by atoms with Gasteiger partial charge in [-0.3, -0.25) is 9.80 Å². The summed E-state index contributed by atoms with van der Waals surface area (Å²) in [5, 5.41) is 4.16. The quantitative estimate of drug-likeness (QED) is 0.718. The Kier molecular flexibility index (Phi) is 7.25. The molecule has 0 unspecified atom stereocenters. The number of rotatable bonds is 8. The van der Waals surface area contributed by atoms with Gasteiger partial charge in [0.05, 0.1) is 19.8 Å². The first-order valence-electron chi connectivity index (χ1n) is 10.1. The lowest BCUT2D eigenvalue weighted by molar-refractivity contribution is 0.0294. The van der Waals surface area contributed by atoms with Crippen molar-refractivity contribution in [3.8, 4) is 0 Å². The van der Waals surface area contributed by atoms with Gasteiger partial charge in [0.25, 0.3) is 0 Å². The van der Waals surface area contributed by atoms with Crippen LogP contribution in [0.5, 0.6) is 0 Å². The van der Waals surface area contributed by atoms with Gasteiger partial charge in [-0.25, -0.2) is 0 Å². The summed E-state index contributed by atoms with van der Waals surface area (Å²) in [5.41, 5.74) is 0. The predicted molar refractivity (Wildman–Crippen MR) is 97.4 cm³/mol. The fourth-order valence-corrected chi connectivity index (χ4v) is 3.80. The third-order valence-electron chi connectivity index (χ3n) is 5.43. The second kappa shape index (κ2) is 9.64. The molecule has 6 nitrogen and oxygen atoms in total. The van der Waals surface area contributed by atoms with Crippen molar-refractivity contribution in [3.05, 3.63) is 11.7 Å². The highest BCUT2D eigenvalue weighted by Gasteiger charge is 2.25. The van der Waals surface area contributed by atoms with Gasteiger partial charge in [0.1, 0.15) is 0 Å². The average molecular weight is 351 g/mol. The van der Waals surface area contributed by atoms with Gasteiger partial charge in [-0.15, -0.1) is 0 Å². The highest BCUT2D eigenvalue weighted by molar-refractivity contribution is 4.89. The average Bonchev–Trinajstić information content (AvgIpc) is 3.08. The molecule has 6 heteroatoms. The van der Waals surface area contributed by atoms with Crippen molar-refractivity contribution in [3.63, 3.8) is 0 Å². The molecule has 1 aromatic heterocycles. The number of hydrogen-bond donors (Lipinski definition) is 0. The van der Waals surface area contributed by atoms with Crippen molar-refractivity contribution >= 4 is 0 Å². The van der Waals surface area contributed by atoms with Gasteiger partial charge in [-0.2, -0.15) is 4.98 Å². The van der Waals surface area contributed by atoms with E-state index in [-0.39, 0.29) is 0 Å². The predicted octanol–water partition coefficient (Wildman–Crippen LogP) is 2.74. The Morgan fingerprint density at radius 1 is 1.16 bits per heavy atom. The van der Waals surface area contributed by atoms with Gasteiger partial charge in [0.2, 0.25) is 5.89 Å². The molecule has 2 aliphatic heterocycles. The summed E-state index contributed by atoms with van der Waals surface area (Å²) >= 11 is 0. The van der Waals surface area contributed by atoms with Crippen LogP contribution in [0.4, 0.5) is 0 Å². The van der Waals surface area contributed by atoms with E-state index >= 15 is 0 Å². The number of piperidine rings is 1. The van der Waals surface area contributed by atoms with Crippen LogP contribution in [-0.4, -0.2) is 65.4 Å². The zero-order chi connectivity index (χ0) is 17.5. The Labute approximate surface area is 151 Å². The Morgan fingerprint density at radius 3 is 2.80 bits per heavy atom. The van der Waals surface area contributed by atoms with Crippen LogP contribution in [-0.2, 0) is 17.7 Å². The maximum Gasteiger partial charge on any atom is 0.240 e. The van der Waals surface area contributed by atoms with Crippen LogP contribution < -0.4 is 0 Å². The van der Waals surface area contributed by atoms with Crippen LogP contribution in [0.25, 0.3) is 0 Å². The molecule has 0 aliphatic carbocycles. The number of ether oxygens (including phenoxy) is 1. The Balaban J connectivity index is 1.48. The number of aryl methyl sites for hydroxylation is 1. The highest BCUT2D eigenvalue weighted by atomic mass is 16.5. The molecule has 2 aliphatic rings. The van der Waals surface area contributed by atoms with E-state index < -0.39 is 0 Å². The van der Waals surface area contributed by atoms with E-state index in [1.807, 2.05) is 0 Å². The molecule has 2 saturated heterocycles. The summed E-state index contributed by atoms with van der Waals surface area (Å²) in [6.45, 7) is 11.5. The molecular formula is C19H34N4O2. The first-order chi connectivity index (χ1) is 12.2. The molecule has 25 heavy (non-hydrogen) atoms. The lowest BCUT2D eigenvalue weighted by Crippen LogP contribution is -2.43. The molecule has 2 fully saturated rings. The van der Waals surface area contributed by atoms with Crippen LogP contribution in [0, 0.1) is 5.92 Å². The summed E-state index contributed by atoms with van der Waals surface area (Å²) < 4.78 is 11.0. The number of morpholine rings is 1. The molecule has 0 saturated carbocycles. The van der Waals surface area contributed by atoms with Crippen molar-refractivity contribution in [1.29, 1.82) is 0 Å². The molecular weight excluding hydrogens is 316 g/mol. The van der Waals surface area contributed by atoms with Crippen LogP contribution in [0.2, 0.25) is 0 Å². The third kappa shape index (κ3) is 6.04. The van der Waals surface area contributed by atoms with Crippen LogP contribution in [0.15, 0.2) is 4.52 Å². The second-order valence-electron chi connectivity index (χ2n) is 7.90. The van der Waals surface area contributed by atoms with Gasteiger partial charge in [-0.1, -0.05) is 25.4 Å². The van der Waals surface area contributed by atoms with Gasteiger partial charge >= 0.3 is 0 Å². The van der Waals surface area contributed by atoms with Crippen molar-refractivity contribution < 1.29 is 9.26 Å². The largest absolute Gasteiger partial charge is 0.379 e. The molecule has 142 valence electrons. The summed E-state index contributed by atoms with van der Waals surface area (Å²) in [6.07, 6.45) is 7.18. The monoisotopic (exact) mass is 350 g/mol. The van der Waals surface area contributed by atoms with Gasteiger partial charge < -0.3 is 9.26 Å². The van der Waals surface area contributed by atoms with Crippen molar-refractivity contribution in [2.45, 2.75) is 65.0 Å². The van der Waals surface area contributed by atoms with Crippen LogP contribution in [0.3, 0.4) is 0 Å². The smallest absolute Gasteiger partial charge is 0.240 e. The van der Waals surface area contributed by atoms with Gasteiger partial charge in [-0.05, 0) is 44.7 Å². The normalized spacial score (nSPS) is 23.4. The number of likely N-dealkylation sites (tertiary alicyclic amines) is 1. The number of aromatic nitrogens is 2. The molecule has 1 aromatic rings. The summed E-state index contributed by atoms with van der Waals surface area (Å²) in [6, 6.07) is 0.641. The summed E-state index contributed by atoms with van der Waals surface area (Å²) in [7, 11) is 0. The molecule has 0 aromatic carbocycles. The van der Waals surface area contributed by atoms with E-state index in [0.29, 0.717) is 12.0 Å². The summed E-state index contributed by atoms with van der Waals surface area (Å²) in [4.78, 5) is 9.71. The maximum absolute atomic E-state index is 5.51. The molecule has 3 rings (SSSR count). The van der Waals surface area contributed by atoms with Crippen LogP contribution >= 0.6 is 0 Å². The molecule has 1 atom stereocenters. The first-order valence-corrected chi connectivity index (χ1v) is 10.1. The van der Waals surface area contributed by atoms with Gasteiger partial charge in [0.15, 0.2) is 5.82 Å². The molecule has 0 radical (unpaired) electrons. The van der Waals surface area contributed by atoms with Crippen molar-refractivity contribution in [2.24, 2.45) is 5.92 Å². The fraction of sp³-hybridized carbons (Fsp3) is 0.895. The molecule has 3 heterocycles. The third-order valence-corrected chi connectivity index (χ3v) is 5.43. The SMILES string of the molecule is CC(C)CCc1noc(CN2CCCC[C@@H]2CCN2CCOCC2)n1. The minimum atomic E-state index is 0.641. The Bertz CT molecular complexity index is 499. The topological polar surface area (TPSA) is 54.6 Å². The Morgan fingerprint density at radius 2 is 2.00 bits per heavy atom. The fourth-order valence-electron chi connectivity index (χ4n) is 3.80. The maximum atomic E-state index is 5.51. The van der Waals surface area contributed by atoms with Crippen molar-refractivity contribution in [1.82, 2.24) is 19.9 Å². The minimum Gasteiger partial charge on any atom is -0.379 e. The number of nitrogens with zero attached hydrogens (tertiary/aromatic N) is 4. The second-order valence-corrected chi connectivity index (χ2v) is 7.90. The first kappa shape index (κ1) is 18.8. The standard InChI is InChI=1S/C19H34N4O2/c1-16(2)6-7-18-20-19(25-21-18)15-23-9-4-3-5-17(23)8-10-22-11-13-24-14-12-22/h16-17H,3-15H2,1-2H3/t17-/m1/s1. The molecule has 0 spiro atoms. The van der Waals surface area contributed by atoms with Crippen molar-refractivity contribution in [2.75, 3.05) is 39.4 Å². The zero-order valence-corrected chi connectivity index (χ0v) is 16.0.